The predicted octanol–water partition coefficient (Wildman–Crippen LogP) is 2.92. The van der Waals surface area contributed by atoms with Crippen LogP contribution in [0.15, 0.2) is 53.4 Å². The molecule has 1 heterocycles. The van der Waals surface area contributed by atoms with Crippen LogP contribution in [0.2, 0.25) is 5.02 Å². The number of nitrogens with one attached hydrogen (secondary N) is 3. The Morgan fingerprint density at radius 3 is 2.62 bits per heavy atom. The number of carbonyl (C=O) groups excluding carboxylic acids is 1. The molecule has 1 aliphatic heterocycles. The molecule has 0 saturated carbocycles. The molecule has 1 amide bonds. The fourth-order valence-electron chi connectivity index (χ4n) is 2.78. The van der Waals surface area contributed by atoms with E-state index in [9.17, 15) is 13.2 Å². The molecule has 2 aromatic rings. The number of carbonyl (C=O) groups is 1. The molecule has 3 N–H and O–H groups in total. The molecule has 1 aliphatic rings. The molecule has 1 unspecified atom stereocenters. The normalized spacial score (nSPS) is 16.4. The van der Waals surface area contributed by atoms with Crippen LogP contribution in [0, 0.1) is 0 Å². The van der Waals surface area contributed by atoms with Crippen molar-refractivity contribution in [3.63, 3.8) is 0 Å². The number of sulfonamides is 1. The van der Waals surface area contributed by atoms with Crippen LogP contribution in [0.4, 0.5) is 5.69 Å². The van der Waals surface area contributed by atoms with Crippen molar-refractivity contribution in [2.75, 3.05) is 18.5 Å². The monoisotopic (exact) mass is 453 g/mol. The van der Waals surface area contributed by atoms with Crippen molar-refractivity contribution in [3.8, 4) is 0 Å². The fraction of sp³-hybridized carbons (Fsp3) is 0.263. The minimum atomic E-state index is -3.62. The molecular formula is C19H20ClN3O4S2. The third kappa shape index (κ3) is 6.22. The van der Waals surface area contributed by atoms with Gasteiger partial charge >= 0.3 is 0 Å². The van der Waals surface area contributed by atoms with Crippen LogP contribution in [0.5, 0.6) is 0 Å². The number of benzene rings is 2. The highest BCUT2D eigenvalue weighted by Gasteiger charge is 2.20. The summed E-state index contributed by atoms with van der Waals surface area (Å²) < 4.78 is 32.7. The molecule has 0 aromatic heterocycles. The van der Waals surface area contributed by atoms with Crippen molar-refractivity contribution in [2.45, 2.75) is 23.8 Å². The number of thiocarbonyl (C=S) groups is 1. The van der Waals surface area contributed by atoms with Gasteiger partial charge in [-0.1, -0.05) is 17.7 Å². The summed E-state index contributed by atoms with van der Waals surface area (Å²) in [6.07, 6.45) is 1.72. The molecule has 1 atom stereocenters. The minimum absolute atomic E-state index is 0.0776. The average molecular weight is 454 g/mol. The first-order valence-corrected chi connectivity index (χ1v) is 11.2. The van der Waals surface area contributed by atoms with Gasteiger partial charge in [0.15, 0.2) is 5.11 Å². The summed E-state index contributed by atoms with van der Waals surface area (Å²) in [5.74, 6) is -0.400. The zero-order valence-electron chi connectivity index (χ0n) is 15.4. The van der Waals surface area contributed by atoms with Crippen molar-refractivity contribution < 1.29 is 17.9 Å². The summed E-state index contributed by atoms with van der Waals surface area (Å²) in [6.45, 7) is 0.919. The van der Waals surface area contributed by atoms with E-state index in [1.54, 1.807) is 30.3 Å². The largest absolute Gasteiger partial charge is 0.377 e. The summed E-state index contributed by atoms with van der Waals surface area (Å²) >= 11 is 11.0. The highest BCUT2D eigenvalue weighted by molar-refractivity contribution is 7.89. The van der Waals surface area contributed by atoms with Crippen LogP contribution in [-0.4, -0.2) is 38.7 Å². The standard InChI is InChI=1S/C19H20ClN3O4S2/c20-14-4-1-3-13(11-14)18(24)23-19(28)22-15-6-8-17(9-7-15)29(25,26)21-12-16-5-2-10-27-16/h1,3-4,6-9,11,16,21H,2,5,10,12H2,(H2,22,23,24,28). The van der Waals surface area contributed by atoms with Gasteiger partial charge in [-0.05, 0) is 67.5 Å². The number of amides is 1. The number of ether oxygens (including phenoxy) is 1. The second-order valence-corrected chi connectivity index (χ2v) is 9.04. The molecule has 0 spiro atoms. The van der Waals surface area contributed by atoms with Crippen LogP contribution < -0.4 is 15.4 Å². The van der Waals surface area contributed by atoms with Crippen molar-refractivity contribution in [3.05, 3.63) is 59.1 Å². The lowest BCUT2D eigenvalue weighted by atomic mass is 10.2. The van der Waals surface area contributed by atoms with Gasteiger partial charge in [-0.2, -0.15) is 0 Å². The summed E-state index contributed by atoms with van der Waals surface area (Å²) in [4.78, 5) is 12.3. The van der Waals surface area contributed by atoms with Gasteiger partial charge in [0, 0.05) is 29.4 Å². The second-order valence-electron chi connectivity index (χ2n) is 6.43. The molecular weight excluding hydrogens is 434 g/mol. The van der Waals surface area contributed by atoms with Gasteiger partial charge in [0.25, 0.3) is 5.91 Å². The van der Waals surface area contributed by atoms with E-state index in [1.165, 1.54) is 18.2 Å². The molecule has 3 rings (SSSR count). The van der Waals surface area contributed by atoms with Crippen LogP contribution >= 0.6 is 23.8 Å². The molecule has 1 fully saturated rings. The first-order valence-electron chi connectivity index (χ1n) is 8.93. The molecule has 7 nitrogen and oxygen atoms in total. The van der Waals surface area contributed by atoms with E-state index in [2.05, 4.69) is 15.4 Å². The molecule has 0 radical (unpaired) electrons. The Balaban J connectivity index is 1.55. The fourth-order valence-corrected chi connectivity index (χ4v) is 4.24. The zero-order chi connectivity index (χ0) is 20.9. The van der Waals surface area contributed by atoms with Gasteiger partial charge in [0.1, 0.15) is 0 Å². The lowest BCUT2D eigenvalue weighted by Gasteiger charge is -2.12. The maximum Gasteiger partial charge on any atom is 0.257 e. The van der Waals surface area contributed by atoms with E-state index in [0.29, 0.717) is 22.9 Å². The summed E-state index contributed by atoms with van der Waals surface area (Å²) in [5, 5.41) is 5.92. The molecule has 1 saturated heterocycles. The van der Waals surface area contributed by atoms with Gasteiger partial charge in [-0.3, -0.25) is 10.1 Å². The Morgan fingerprint density at radius 1 is 1.21 bits per heavy atom. The number of rotatable bonds is 6. The molecule has 0 aliphatic carbocycles. The Labute approximate surface area is 179 Å². The lowest BCUT2D eigenvalue weighted by molar-refractivity contribution is 0.0977. The van der Waals surface area contributed by atoms with Crippen molar-refractivity contribution >= 4 is 50.5 Å². The van der Waals surface area contributed by atoms with E-state index in [4.69, 9.17) is 28.6 Å². The van der Waals surface area contributed by atoms with Gasteiger partial charge in [-0.25, -0.2) is 13.1 Å². The predicted molar refractivity (Wildman–Crippen MR) is 116 cm³/mol. The topological polar surface area (TPSA) is 96.5 Å². The first kappa shape index (κ1) is 21.7. The molecule has 29 heavy (non-hydrogen) atoms. The summed E-state index contributed by atoms with van der Waals surface area (Å²) in [6, 6.07) is 12.5. The van der Waals surface area contributed by atoms with Crippen molar-refractivity contribution in [2.24, 2.45) is 0 Å². The Hall–Kier alpha value is -2.04. The van der Waals surface area contributed by atoms with Crippen LogP contribution in [0.1, 0.15) is 23.2 Å². The number of halogens is 1. The zero-order valence-corrected chi connectivity index (χ0v) is 17.7. The molecule has 10 heteroatoms. The SMILES string of the molecule is O=C(NC(=S)Nc1ccc(S(=O)(=O)NCC2CCCO2)cc1)c1cccc(Cl)c1. The number of hydrogen-bond donors (Lipinski definition) is 3. The smallest absolute Gasteiger partial charge is 0.257 e. The van der Waals surface area contributed by atoms with E-state index < -0.39 is 15.9 Å². The van der Waals surface area contributed by atoms with Crippen LogP contribution in [-0.2, 0) is 14.8 Å². The lowest BCUT2D eigenvalue weighted by Crippen LogP contribution is -2.34. The minimum Gasteiger partial charge on any atom is -0.377 e. The summed E-state index contributed by atoms with van der Waals surface area (Å²) in [7, 11) is -3.62. The van der Waals surface area contributed by atoms with Crippen LogP contribution in [0.25, 0.3) is 0 Å². The van der Waals surface area contributed by atoms with E-state index in [-0.39, 0.29) is 22.7 Å². The number of anilines is 1. The van der Waals surface area contributed by atoms with Gasteiger partial charge in [0.05, 0.1) is 11.0 Å². The van der Waals surface area contributed by atoms with Crippen molar-refractivity contribution in [1.29, 1.82) is 0 Å². The maximum absolute atomic E-state index is 12.4. The quantitative estimate of drug-likeness (QED) is 0.582. The third-order valence-electron chi connectivity index (χ3n) is 4.26. The van der Waals surface area contributed by atoms with Gasteiger partial charge in [-0.15, -0.1) is 0 Å². The van der Waals surface area contributed by atoms with E-state index >= 15 is 0 Å². The van der Waals surface area contributed by atoms with Crippen LogP contribution in [0.3, 0.4) is 0 Å². The highest BCUT2D eigenvalue weighted by atomic mass is 35.5. The van der Waals surface area contributed by atoms with E-state index in [0.717, 1.165) is 12.8 Å². The molecule has 0 bridgehead atoms. The Bertz CT molecular complexity index is 991. The summed E-state index contributed by atoms with van der Waals surface area (Å²) in [5.41, 5.74) is 0.917. The van der Waals surface area contributed by atoms with E-state index in [1.807, 2.05) is 0 Å². The Morgan fingerprint density at radius 2 is 1.97 bits per heavy atom. The average Bonchev–Trinajstić information content (AvgIpc) is 3.20. The molecule has 2 aromatic carbocycles. The van der Waals surface area contributed by atoms with Gasteiger partial charge in [0.2, 0.25) is 10.0 Å². The third-order valence-corrected chi connectivity index (χ3v) is 6.14. The molecule has 154 valence electrons. The Kier molecular flexibility index (Phi) is 7.20. The highest BCUT2D eigenvalue weighted by Crippen LogP contribution is 2.16. The second kappa shape index (κ2) is 9.64. The maximum atomic E-state index is 12.4. The van der Waals surface area contributed by atoms with Crippen molar-refractivity contribution in [1.82, 2.24) is 10.0 Å². The number of hydrogen-bond acceptors (Lipinski definition) is 5. The van der Waals surface area contributed by atoms with Gasteiger partial charge < -0.3 is 10.1 Å². The first-order chi connectivity index (χ1) is 13.8.